The fraction of sp³-hybridized carbons (Fsp3) is 0.250. The maximum absolute atomic E-state index is 10.7. The molecule has 92 valence electrons. The molecule has 3 N–H and O–H groups in total. The van der Waals surface area contributed by atoms with Gasteiger partial charge in [-0.25, -0.2) is 4.98 Å². The quantitative estimate of drug-likeness (QED) is 0.813. The van der Waals surface area contributed by atoms with Crippen molar-refractivity contribution in [3.8, 4) is 6.07 Å². The molecule has 0 radical (unpaired) electrons. The second kappa shape index (κ2) is 4.47. The average Bonchev–Trinajstić information content (AvgIpc) is 2.65. The molecular formula is C12H12N4O2. The van der Waals surface area contributed by atoms with Gasteiger partial charge in [0.1, 0.15) is 12.1 Å². The summed E-state index contributed by atoms with van der Waals surface area (Å²) in [6, 6.07) is 6.44. The van der Waals surface area contributed by atoms with Crippen LogP contribution in [0.2, 0.25) is 0 Å². The van der Waals surface area contributed by atoms with E-state index in [0.717, 1.165) is 11.1 Å². The van der Waals surface area contributed by atoms with E-state index < -0.39 is 12.0 Å². The molecule has 2 aromatic rings. The van der Waals surface area contributed by atoms with Gasteiger partial charge in [-0.1, -0.05) is 6.07 Å². The Hall–Kier alpha value is -2.39. The van der Waals surface area contributed by atoms with Crippen LogP contribution >= 0.6 is 0 Å². The van der Waals surface area contributed by atoms with E-state index in [4.69, 9.17) is 16.1 Å². The number of carboxylic acids is 1. The monoisotopic (exact) mass is 244 g/mol. The topological polar surface area (TPSA) is 105 Å². The number of benzene rings is 1. The highest BCUT2D eigenvalue weighted by Crippen LogP contribution is 2.17. The fourth-order valence-electron chi connectivity index (χ4n) is 1.81. The highest BCUT2D eigenvalue weighted by atomic mass is 16.4. The van der Waals surface area contributed by atoms with Crippen molar-refractivity contribution in [3.63, 3.8) is 0 Å². The van der Waals surface area contributed by atoms with Gasteiger partial charge < -0.3 is 15.4 Å². The first-order chi connectivity index (χ1) is 8.52. The standard InChI is InChI=1S/C12H12N4O2/c1-16-10-3-2-7(4-8(14)12(17)18)5-9(10)15-11(16)6-13/h2-3,5,8H,4,14H2,1H3,(H,17,18). The zero-order chi connectivity index (χ0) is 13.3. The van der Waals surface area contributed by atoms with Crippen molar-refractivity contribution in [2.45, 2.75) is 12.5 Å². The number of nitrogens with two attached hydrogens (primary N) is 1. The van der Waals surface area contributed by atoms with E-state index in [-0.39, 0.29) is 6.42 Å². The highest BCUT2D eigenvalue weighted by Gasteiger charge is 2.13. The van der Waals surface area contributed by atoms with Gasteiger partial charge in [0.2, 0.25) is 5.82 Å². The Labute approximate surface area is 103 Å². The molecule has 1 aromatic heterocycles. The second-order valence-electron chi connectivity index (χ2n) is 4.08. The number of imidazole rings is 1. The average molecular weight is 244 g/mol. The Kier molecular flexibility index (Phi) is 3.00. The lowest BCUT2D eigenvalue weighted by Gasteiger charge is -2.06. The van der Waals surface area contributed by atoms with E-state index >= 15 is 0 Å². The number of rotatable bonds is 3. The van der Waals surface area contributed by atoms with Crippen LogP contribution in [0.25, 0.3) is 11.0 Å². The summed E-state index contributed by atoms with van der Waals surface area (Å²) in [4.78, 5) is 14.8. The van der Waals surface area contributed by atoms with E-state index in [1.54, 1.807) is 23.7 Å². The van der Waals surface area contributed by atoms with E-state index in [1.165, 1.54) is 0 Å². The largest absolute Gasteiger partial charge is 0.480 e. The molecule has 0 aliphatic carbocycles. The molecule has 18 heavy (non-hydrogen) atoms. The molecule has 1 atom stereocenters. The molecule has 6 heteroatoms. The van der Waals surface area contributed by atoms with Crippen molar-refractivity contribution in [2.24, 2.45) is 12.8 Å². The van der Waals surface area contributed by atoms with Gasteiger partial charge in [-0.15, -0.1) is 0 Å². The third kappa shape index (κ3) is 2.04. The van der Waals surface area contributed by atoms with Crippen LogP contribution in [0, 0.1) is 11.3 Å². The molecule has 0 saturated heterocycles. The molecule has 6 nitrogen and oxygen atoms in total. The number of aromatic nitrogens is 2. The normalized spacial score (nSPS) is 12.3. The zero-order valence-corrected chi connectivity index (χ0v) is 9.79. The number of fused-ring (bicyclic) bond motifs is 1. The molecule has 1 unspecified atom stereocenters. The van der Waals surface area contributed by atoms with Crippen LogP contribution in [0.15, 0.2) is 18.2 Å². The van der Waals surface area contributed by atoms with Gasteiger partial charge in [0.15, 0.2) is 0 Å². The predicted octanol–water partition coefficient (Wildman–Crippen LogP) is 0.399. The summed E-state index contributed by atoms with van der Waals surface area (Å²) in [5.74, 6) is -0.710. The van der Waals surface area contributed by atoms with Crippen molar-refractivity contribution in [2.75, 3.05) is 0 Å². The molecule has 0 bridgehead atoms. The summed E-state index contributed by atoms with van der Waals surface area (Å²) in [7, 11) is 1.76. The van der Waals surface area contributed by atoms with E-state index in [9.17, 15) is 4.79 Å². The lowest BCUT2D eigenvalue weighted by molar-refractivity contribution is -0.138. The first kappa shape index (κ1) is 12.1. The van der Waals surface area contributed by atoms with Crippen molar-refractivity contribution in [1.29, 1.82) is 5.26 Å². The Morgan fingerprint density at radius 2 is 2.39 bits per heavy atom. The minimum absolute atomic E-state index is 0.240. The van der Waals surface area contributed by atoms with Gasteiger partial charge in [-0.2, -0.15) is 5.26 Å². The summed E-state index contributed by atoms with van der Waals surface area (Å²) >= 11 is 0. The minimum atomic E-state index is -1.03. The Balaban J connectivity index is 2.39. The van der Waals surface area contributed by atoms with Crippen LogP contribution in [-0.2, 0) is 18.3 Å². The predicted molar refractivity (Wildman–Crippen MR) is 64.7 cm³/mol. The first-order valence-electron chi connectivity index (χ1n) is 5.36. The molecule has 0 aliphatic heterocycles. The Bertz CT molecular complexity index is 654. The van der Waals surface area contributed by atoms with Gasteiger partial charge in [-0.05, 0) is 24.1 Å². The van der Waals surface area contributed by atoms with E-state index in [1.807, 2.05) is 12.1 Å². The number of hydrogen-bond donors (Lipinski definition) is 2. The van der Waals surface area contributed by atoms with Gasteiger partial charge >= 0.3 is 5.97 Å². The van der Waals surface area contributed by atoms with Crippen molar-refractivity contribution < 1.29 is 9.90 Å². The maximum Gasteiger partial charge on any atom is 0.320 e. The second-order valence-corrected chi connectivity index (χ2v) is 4.08. The molecule has 2 rings (SSSR count). The fourth-order valence-corrected chi connectivity index (χ4v) is 1.81. The van der Waals surface area contributed by atoms with Crippen molar-refractivity contribution in [3.05, 3.63) is 29.6 Å². The Morgan fingerprint density at radius 1 is 1.67 bits per heavy atom. The van der Waals surface area contributed by atoms with Crippen LogP contribution < -0.4 is 5.73 Å². The smallest absolute Gasteiger partial charge is 0.320 e. The van der Waals surface area contributed by atoms with Crippen LogP contribution in [-0.4, -0.2) is 26.7 Å². The lowest BCUT2D eigenvalue weighted by Crippen LogP contribution is -2.32. The molecule has 0 amide bonds. The van der Waals surface area contributed by atoms with Gasteiger partial charge in [0, 0.05) is 7.05 Å². The van der Waals surface area contributed by atoms with Crippen LogP contribution in [0.3, 0.4) is 0 Å². The number of hydrogen-bond acceptors (Lipinski definition) is 4. The van der Waals surface area contributed by atoms with Gasteiger partial charge in [-0.3, -0.25) is 4.79 Å². The first-order valence-corrected chi connectivity index (χ1v) is 5.36. The third-order valence-corrected chi connectivity index (χ3v) is 2.82. The summed E-state index contributed by atoms with van der Waals surface area (Å²) < 4.78 is 1.69. The van der Waals surface area contributed by atoms with Gasteiger partial charge in [0.05, 0.1) is 11.0 Å². The van der Waals surface area contributed by atoms with Crippen molar-refractivity contribution >= 4 is 17.0 Å². The molecule has 1 heterocycles. The maximum atomic E-state index is 10.7. The summed E-state index contributed by atoms with van der Waals surface area (Å²) in [5.41, 5.74) is 7.77. The number of aryl methyl sites for hydroxylation is 1. The molecular weight excluding hydrogens is 232 g/mol. The number of carbonyl (C=O) groups is 1. The van der Waals surface area contributed by atoms with E-state index in [2.05, 4.69) is 4.98 Å². The number of nitrogens with zero attached hydrogens (tertiary/aromatic N) is 3. The number of nitriles is 1. The zero-order valence-electron chi connectivity index (χ0n) is 9.79. The highest BCUT2D eigenvalue weighted by molar-refractivity contribution is 5.78. The third-order valence-electron chi connectivity index (χ3n) is 2.82. The van der Waals surface area contributed by atoms with Crippen LogP contribution in [0.4, 0.5) is 0 Å². The summed E-state index contributed by atoms with van der Waals surface area (Å²) in [6.45, 7) is 0. The van der Waals surface area contributed by atoms with Crippen LogP contribution in [0.1, 0.15) is 11.4 Å². The SMILES string of the molecule is Cn1c(C#N)nc2cc(CC(N)C(=O)O)ccc21. The van der Waals surface area contributed by atoms with Crippen LogP contribution in [0.5, 0.6) is 0 Å². The van der Waals surface area contributed by atoms with Crippen molar-refractivity contribution in [1.82, 2.24) is 9.55 Å². The molecule has 1 aromatic carbocycles. The van der Waals surface area contributed by atoms with E-state index in [0.29, 0.717) is 11.3 Å². The molecule has 0 saturated carbocycles. The number of aliphatic carboxylic acids is 1. The van der Waals surface area contributed by atoms with Gasteiger partial charge in [0.25, 0.3) is 0 Å². The minimum Gasteiger partial charge on any atom is -0.480 e. The lowest BCUT2D eigenvalue weighted by atomic mass is 10.1. The summed E-state index contributed by atoms with van der Waals surface area (Å²) in [5, 5.41) is 17.6. The molecule has 0 spiro atoms. The molecule has 0 fully saturated rings. The summed E-state index contributed by atoms with van der Waals surface area (Å²) in [6.07, 6.45) is 0.240. The Morgan fingerprint density at radius 3 is 3.00 bits per heavy atom. The molecule has 0 aliphatic rings. The number of carboxylic acid groups (broad SMARTS) is 1.